The minimum absolute atomic E-state index is 0.264. The number of hydrogen-bond acceptors (Lipinski definition) is 4. The Kier molecular flexibility index (Phi) is 10.3. The van der Waals surface area contributed by atoms with Crippen LogP contribution < -0.4 is 0 Å². The van der Waals surface area contributed by atoms with E-state index < -0.39 is 0 Å². The molecule has 250 valence electrons. The molecule has 6 aromatic rings. The molecule has 4 aromatic carbocycles. The van der Waals surface area contributed by atoms with Gasteiger partial charge in [0.05, 0.1) is 11.4 Å². The number of fused-ring (bicyclic) bond motifs is 2. The van der Waals surface area contributed by atoms with Crippen molar-refractivity contribution in [3.63, 3.8) is 0 Å². The van der Waals surface area contributed by atoms with Crippen molar-refractivity contribution in [3.8, 4) is 45.5 Å². The summed E-state index contributed by atoms with van der Waals surface area (Å²) in [6.45, 7) is 6.09. The zero-order valence-corrected chi connectivity index (χ0v) is 28.3. The fourth-order valence-electron chi connectivity index (χ4n) is 7.42. The van der Waals surface area contributed by atoms with Gasteiger partial charge in [-0.15, -0.1) is 0 Å². The summed E-state index contributed by atoms with van der Waals surface area (Å²) in [6, 6.07) is 26.1. The van der Waals surface area contributed by atoms with Crippen molar-refractivity contribution in [2.75, 3.05) is 0 Å². The van der Waals surface area contributed by atoms with Crippen molar-refractivity contribution in [1.29, 1.82) is 0 Å². The molecule has 0 aliphatic carbocycles. The van der Waals surface area contributed by atoms with Gasteiger partial charge >= 0.3 is 0 Å². The molecule has 0 aliphatic rings. The zero-order chi connectivity index (χ0) is 33.6. The van der Waals surface area contributed by atoms with E-state index in [2.05, 4.69) is 23.0 Å². The maximum absolute atomic E-state index is 10.1. The first-order chi connectivity index (χ1) is 23.3. The van der Waals surface area contributed by atoms with Crippen LogP contribution >= 0.6 is 0 Å². The summed E-state index contributed by atoms with van der Waals surface area (Å²) in [5.41, 5.74) is 9.07. The van der Waals surface area contributed by atoms with Crippen LogP contribution in [0.25, 0.3) is 44.3 Å². The van der Waals surface area contributed by atoms with Crippen molar-refractivity contribution in [2.24, 2.45) is 0 Å². The van der Waals surface area contributed by atoms with Gasteiger partial charge in [-0.05, 0) is 134 Å². The van der Waals surface area contributed by atoms with Crippen LogP contribution in [0.3, 0.4) is 0 Å². The maximum Gasteiger partial charge on any atom is 0.116 e. The second-order valence-electron chi connectivity index (χ2n) is 13.3. The molecule has 0 spiro atoms. The minimum Gasteiger partial charge on any atom is -0.508 e. The molecule has 48 heavy (non-hydrogen) atoms. The lowest BCUT2D eigenvalue weighted by atomic mass is 10.1. The molecular weight excluding hydrogens is 596 g/mol. The lowest BCUT2D eigenvalue weighted by molar-refractivity contribution is 0.475. The van der Waals surface area contributed by atoms with Crippen molar-refractivity contribution in [1.82, 2.24) is 9.13 Å². The summed E-state index contributed by atoms with van der Waals surface area (Å²) >= 11 is 0. The van der Waals surface area contributed by atoms with Gasteiger partial charge in [0, 0.05) is 34.9 Å². The molecule has 2 heterocycles. The molecule has 0 amide bonds. The molecule has 6 heteroatoms. The number of unbranched alkanes of at least 4 members (excludes halogenated alkanes) is 9. The van der Waals surface area contributed by atoms with E-state index in [1.165, 1.54) is 51.4 Å². The van der Waals surface area contributed by atoms with E-state index in [4.69, 9.17) is 0 Å². The Morgan fingerprint density at radius 1 is 0.396 bits per heavy atom. The van der Waals surface area contributed by atoms with E-state index in [-0.39, 0.29) is 23.0 Å². The summed E-state index contributed by atoms with van der Waals surface area (Å²) in [5.74, 6) is 1.10. The maximum atomic E-state index is 10.1. The molecule has 6 nitrogen and oxygen atoms in total. The molecule has 2 aromatic heterocycles. The number of nitrogens with zero attached hydrogens (tertiary/aromatic N) is 2. The summed E-state index contributed by atoms with van der Waals surface area (Å²) in [7, 11) is 0. The Labute approximate surface area is 283 Å². The molecule has 0 unspecified atom stereocenters. The normalized spacial score (nSPS) is 11.6. The van der Waals surface area contributed by atoms with Crippen molar-refractivity contribution >= 4 is 21.8 Å². The van der Waals surface area contributed by atoms with Gasteiger partial charge in [-0.2, -0.15) is 0 Å². The third-order valence-corrected chi connectivity index (χ3v) is 9.90. The SMILES string of the molecule is Cc1c(-c2ccc(O)cc2)n(CCCCCCCCCCCCn2c(-c3ccc(O)cc3)c(C)c3cc(O)ccc32)c2ccc(O)cc12. The van der Waals surface area contributed by atoms with Crippen LogP contribution in [0.5, 0.6) is 23.0 Å². The largest absolute Gasteiger partial charge is 0.508 e. The first-order valence-corrected chi connectivity index (χ1v) is 17.5. The number of hydrogen-bond donors (Lipinski definition) is 4. The van der Waals surface area contributed by atoms with E-state index in [0.717, 1.165) is 81.4 Å². The van der Waals surface area contributed by atoms with Gasteiger partial charge in [0.1, 0.15) is 23.0 Å². The molecule has 0 aliphatic heterocycles. The van der Waals surface area contributed by atoms with Gasteiger partial charge in [0.25, 0.3) is 0 Å². The topological polar surface area (TPSA) is 90.8 Å². The number of phenolic OH excluding ortho intramolecular Hbond substituents is 4. The predicted molar refractivity (Wildman–Crippen MR) is 197 cm³/mol. The van der Waals surface area contributed by atoms with Gasteiger partial charge in [0.15, 0.2) is 0 Å². The standard InChI is InChI=1S/C42H48N2O4/c1-29-37-27-35(47)21-23-39(37)43(41(29)31-13-17-33(45)18-14-31)25-11-9-7-5-3-4-6-8-10-12-26-44-40-24-22-36(48)28-38(40)30(2)42(44)32-15-19-34(46)20-16-32/h13-24,27-28,45-48H,3-12,25-26H2,1-2H3. The fraction of sp³-hybridized carbons (Fsp3) is 0.333. The van der Waals surface area contributed by atoms with Crippen LogP contribution in [0.1, 0.15) is 75.3 Å². The highest BCUT2D eigenvalue weighted by atomic mass is 16.3. The number of aryl methyl sites for hydroxylation is 4. The van der Waals surface area contributed by atoms with Crippen LogP contribution in [-0.4, -0.2) is 29.6 Å². The molecular formula is C42H48N2O4. The number of rotatable bonds is 15. The highest BCUT2D eigenvalue weighted by Gasteiger charge is 2.18. The Balaban J connectivity index is 0.942. The monoisotopic (exact) mass is 644 g/mol. The van der Waals surface area contributed by atoms with Crippen molar-refractivity contribution in [3.05, 3.63) is 96.1 Å². The van der Waals surface area contributed by atoms with Crippen LogP contribution in [0.2, 0.25) is 0 Å². The van der Waals surface area contributed by atoms with Gasteiger partial charge in [-0.25, -0.2) is 0 Å². The second-order valence-corrected chi connectivity index (χ2v) is 13.3. The van der Waals surface area contributed by atoms with Gasteiger partial charge in [-0.3, -0.25) is 0 Å². The van der Waals surface area contributed by atoms with E-state index >= 15 is 0 Å². The van der Waals surface area contributed by atoms with Crippen molar-refractivity contribution < 1.29 is 20.4 Å². The van der Waals surface area contributed by atoms with E-state index in [9.17, 15) is 20.4 Å². The summed E-state index contributed by atoms with van der Waals surface area (Å²) in [6.07, 6.45) is 12.2. The number of phenols is 4. The zero-order valence-electron chi connectivity index (χ0n) is 28.3. The predicted octanol–water partition coefficient (Wildman–Crippen LogP) is 11.0. The molecule has 0 saturated heterocycles. The van der Waals surface area contributed by atoms with Gasteiger partial charge < -0.3 is 29.6 Å². The third kappa shape index (κ3) is 7.18. The molecule has 6 rings (SSSR count). The average Bonchev–Trinajstić information content (AvgIpc) is 3.51. The highest BCUT2D eigenvalue weighted by Crippen LogP contribution is 2.37. The van der Waals surface area contributed by atoms with Crippen LogP contribution in [0.15, 0.2) is 84.9 Å². The summed E-state index contributed by atoms with van der Waals surface area (Å²) in [5, 5.41) is 42.0. The smallest absolute Gasteiger partial charge is 0.116 e. The Morgan fingerprint density at radius 3 is 1.06 bits per heavy atom. The first kappa shape index (κ1) is 33.1. The minimum atomic E-state index is 0.264. The first-order valence-electron chi connectivity index (χ1n) is 17.5. The summed E-state index contributed by atoms with van der Waals surface area (Å²) in [4.78, 5) is 0. The Morgan fingerprint density at radius 2 is 0.708 bits per heavy atom. The lowest BCUT2D eigenvalue weighted by Crippen LogP contribution is -2.01. The number of aromatic hydroxyl groups is 4. The third-order valence-electron chi connectivity index (χ3n) is 9.90. The average molecular weight is 645 g/mol. The van der Waals surface area contributed by atoms with Crippen LogP contribution in [0.4, 0.5) is 0 Å². The number of aromatic nitrogens is 2. The number of benzene rings is 4. The summed E-state index contributed by atoms with van der Waals surface area (Å²) < 4.78 is 4.76. The molecule has 0 fully saturated rings. The lowest BCUT2D eigenvalue weighted by Gasteiger charge is -2.13. The van der Waals surface area contributed by atoms with E-state index in [1.807, 2.05) is 48.5 Å². The quantitative estimate of drug-likeness (QED) is 0.0837. The van der Waals surface area contributed by atoms with Crippen molar-refractivity contribution in [2.45, 2.75) is 91.1 Å². The van der Waals surface area contributed by atoms with Crippen LogP contribution in [0, 0.1) is 13.8 Å². The van der Waals surface area contributed by atoms with E-state index in [1.54, 1.807) is 36.4 Å². The van der Waals surface area contributed by atoms with E-state index in [0.29, 0.717) is 0 Å². The molecule has 4 N–H and O–H groups in total. The Hall–Kier alpha value is -4.84. The molecule has 0 radical (unpaired) electrons. The Bertz CT molecular complexity index is 1840. The van der Waals surface area contributed by atoms with Gasteiger partial charge in [0.2, 0.25) is 0 Å². The highest BCUT2D eigenvalue weighted by molar-refractivity contribution is 5.93. The second kappa shape index (κ2) is 14.9. The molecule has 0 bridgehead atoms. The van der Waals surface area contributed by atoms with Gasteiger partial charge in [-0.1, -0.05) is 51.4 Å². The fourth-order valence-corrected chi connectivity index (χ4v) is 7.42. The molecule has 0 atom stereocenters. The van der Waals surface area contributed by atoms with Crippen LogP contribution in [-0.2, 0) is 13.1 Å². The molecule has 0 saturated carbocycles.